The highest BCUT2D eigenvalue weighted by Gasteiger charge is 2.21. The van der Waals surface area contributed by atoms with Gasteiger partial charge in [0.25, 0.3) is 0 Å². The predicted octanol–water partition coefficient (Wildman–Crippen LogP) is 1.49. The van der Waals surface area contributed by atoms with E-state index in [1.54, 1.807) is 0 Å². The van der Waals surface area contributed by atoms with Gasteiger partial charge >= 0.3 is 0 Å². The Morgan fingerprint density at radius 1 is 1.41 bits per heavy atom. The van der Waals surface area contributed by atoms with Gasteiger partial charge in [-0.2, -0.15) is 16.9 Å². The van der Waals surface area contributed by atoms with Crippen LogP contribution in [0, 0.1) is 13.8 Å². The highest BCUT2D eigenvalue weighted by Crippen LogP contribution is 2.26. The number of aryl methyl sites for hydroxylation is 1. The maximum absolute atomic E-state index is 5.86. The van der Waals surface area contributed by atoms with Crippen LogP contribution in [0.15, 0.2) is 0 Å². The second kappa shape index (κ2) is 5.23. The van der Waals surface area contributed by atoms with E-state index >= 15 is 0 Å². The fraction of sp³-hybridized carbons (Fsp3) is 0.667. The van der Waals surface area contributed by atoms with Crippen LogP contribution in [0.25, 0.3) is 0 Å². The molecule has 1 fully saturated rings. The molecule has 1 saturated heterocycles. The molecule has 2 heterocycles. The van der Waals surface area contributed by atoms with E-state index in [-0.39, 0.29) is 0 Å². The molecule has 2 rings (SSSR count). The SMILES string of the molecule is Cc1nnc(N2CCSC(C)C2)c(CN)c1C. The Balaban J connectivity index is 2.34. The number of thioether (sulfide) groups is 1. The minimum atomic E-state index is 0.537. The number of nitrogens with zero attached hydrogens (tertiary/aromatic N) is 3. The van der Waals surface area contributed by atoms with Crippen LogP contribution in [-0.2, 0) is 6.54 Å². The lowest BCUT2D eigenvalue weighted by Gasteiger charge is -2.32. The first kappa shape index (κ1) is 12.6. The number of hydrogen-bond acceptors (Lipinski definition) is 5. The molecule has 5 heteroatoms. The Hall–Kier alpha value is -0.810. The van der Waals surface area contributed by atoms with Gasteiger partial charge in [0.1, 0.15) is 0 Å². The molecule has 0 spiro atoms. The summed E-state index contributed by atoms with van der Waals surface area (Å²) in [7, 11) is 0. The first-order chi connectivity index (χ1) is 8.13. The maximum atomic E-state index is 5.86. The van der Waals surface area contributed by atoms with Crippen molar-refractivity contribution in [3.63, 3.8) is 0 Å². The lowest BCUT2D eigenvalue weighted by Crippen LogP contribution is -2.38. The van der Waals surface area contributed by atoms with Crippen molar-refractivity contribution >= 4 is 17.6 Å². The summed E-state index contributed by atoms with van der Waals surface area (Å²) in [6.07, 6.45) is 0. The highest BCUT2D eigenvalue weighted by atomic mass is 32.2. The van der Waals surface area contributed by atoms with E-state index in [1.807, 2.05) is 18.7 Å². The Morgan fingerprint density at radius 3 is 2.82 bits per heavy atom. The van der Waals surface area contributed by atoms with Gasteiger partial charge in [0, 0.05) is 36.2 Å². The van der Waals surface area contributed by atoms with Crippen LogP contribution in [0.2, 0.25) is 0 Å². The fourth-order valence-electron chi connectivity index (χ4n) is 2.15. The molecule has 1 aromatic rings. The third-order valence-electron chi connectivity index (χ3n) is 3.30. The van der Waals surface area contributed by atoms with Crippen LogP contribution in [0.3, 0.4) is 0 Å². The number of anilines is 1. The minimum absolute atomic E-state index is 0.537. The standard InChI is InChI=1S/C12H20N4S/c1-8-7-16(4-5-17-8)12-11(6-13)9(2)10(3)14-15-12/h8H,4-7,13H2,1-3H3. The molecular formula is C12H20N4S. The van der Waals surface area contributed by atoms with Crippen molar-refractivity contribution in [2.75, 3.05) is 23.7 Å². The molecule has 1 atom stereocenters. The van der Waals surface area contributed by atoms with Gasteiger partial charge < -0.3 is 10.6 Å². The second-order valence-corrected chi connectivity index (χ2v) is 6.09. The first-order valence-corrected chi connectivity index (χ1v) is 7.07. The van der Waals surface area contributed by atoms with Crippen molar-refractivity contribution in [2.45, 2.75) is 32.6 Å². The van der Waals surface area contributed by atoms with Gasteiger partial charge in [0.15, 0.2) is 5.82 Å². The first-order valence-electron chi connectivity index (χ1n) is 6.03. The van der Waals surface area contributed by atoms with Crippen molar-refractivity contribution in [1.82, 2.24) is 10.2 Å². The van der Waals surface area contributed by atoms with Crippen LogP contribution >= 0.6 is 11.8 Å². The summed E-state index contributed by atoms with van der Waals surface area (Å²) in [6.45, 7) is 8.94. The van der Waals surface area contributed by atoms with Gasteiger partial charge in [0.05, 0.1) is 5.69 Å². The zero-order valence-corrected chi connectivity index (χ0v) is 11.5. The Labute approximate surface area is 107 Å². The summed E-state index contributed by atoms with van der Waals surface area (Å²) >= 11 is 2.02. The number of nitrogens with two attached hydrogens (primary N) is 1. The highest BCUT2D eigenvalue weighted by molar-refractivity contribution is 8.00. The summed E-state index contributed by atoms with van der Waals surface area (Å²) in [5.41, 5.74) is 9.18. The number of hydrogen-bond donors (Lipinski definition) is 1. The lowest BCUT2D eigenvalue weighted by molar-refractivity contribution is 0.743. The second-order valence-electron chi connectivity index (χ2n) is 4.54. The Bertz CT molecular complexity index is 408. The molecule has 94 valence electrons. The van der Waals surface area contributed by atoms with Crippen molar-refractivity contribution in [3.8, 4) is 0 Å². The minimum Gasteiger partial charge on any atom is -0.353 e. The van der Waals surface area contributed by atoms with Crippen molar-refractivity contribution in [2.24, 2.45) is 5.73 Å². The van der Waals surface area contributed by atoms with Crippen LogP contribution in [-0.4, -0.2) is 34.3 Å². The van der Waals surface area contributed by atoms with Gasteiger partial charge in [-0.1, -0.05) is 6.92 Å². The third-order valence-corrected chi connectivity index (χ3v) is 4.44. The lowest BCUT2D eigenvalue weighted by atomic mass is 10.1. The molecule has 1 unspecified atom stereocenters. The van der Waals surface area contributed by atoms with Gasteiger partial charge in [-0.05, 0) is 19.4 Å². The van der Waals surface area contributed by atoms with E-state index in [4.69, 9.17) is 5.73 Å². The molecule has 4 nitrogen and oxygen atoms in total. The maximum Gasteiger partial charge on any atom is 0.156 e. The molecule has 1 aliphatic heterocycles. The van der Waals surface area contributed by atoms with E-state index in [2.05, 4.69) is 28.9 Å². The third kappa shape index (κ3) is 2.55. The van der Waals surface area contributed by atoms with Crippen LogP contribution in [0.1, 0.15) is 23.7 Å². The summed E-state index contributed by atoms with van der Waals surface area (Å²) in [5, 5.41) is 9.24. The Kier molecular flexibility index (Phi) is 3.89. The molecule has 17 heavy (non-hydrogen) atoms. The number of aromatic nitrogens is 2. The normalized spacial score (nSPS) is 20.7. The zero-order valence-electron chi connectivity index (χ0n) is 10.7. The summed E-state index contributed by atoms with van der Waals surface area (Å²) in [5.74, 6) is 2.14. The van der Waals surface area contributed by atoms with Crippen LogP contribution < -0.4 is 10.6 Å². The smallest absolute Gasteiger partial charge is 0.156 e. The average Bonchev–Trinajstić information content (AvgIpc) is 2.32. The largest absolute Gasteiger partial charge is 0.353 e. The van der Waals surface area contributed by atoms with Crippen LogP contribution in [0.5, 0.6) is 0 Å². The molecule has 0 saturated carbocycles. The molecule has 0 amide bonds. The Morgan fingerprint density at radius 2 is 2.18 bits per heavy atom. The molecule has 1 aliphatic rings. The van der Waals surface area contributed by atoms with Gasteiger partial charge in [0.2, 0.25) is 0 Å². The molecule has 2 N–H and O–H groups in total. The predicted molar refractivity (Wildman–Crippen MR) is 73.5 cm³/mol. The summed E-state index contributed by atoms with van der Waals surface area (Å²) in [6, 6.07) is 0. The quantitative estimate of drug-likeness (QED) is 0.864. The fourth-order valence-corrected chi connectivity index (χ4v) is 3.17. The average molecular weight is 252 g/mol. The molecular weight excluding hydrogens is 232 g/mol. The molecule has 0 bridgehead atoms. The van der Waals surface area contributed by atoms with Gasteiger partial charge in [-0.3, -0.25) is 0 Å². The van der Waals surface area contributed by atoms with Crippen LogP contribution in [0.4, 0.5) is 5.82 Å². The van der Waals surface area contributed by atoms with E-state index in [0.29, 0.717) is 11.8 Å². The zero-order chi connectivity index (χ0) is 12.4. The van der Waals surface area contributed by atoms with Crippen molar-refractivity contribution < 1.29 is 0 Å². The van der Waals surface area contributed by atoms with Crippen molar-refractivity contribution in [3.05, 3.63) is 16.8 Å². The van der Waals surface area contributed by atoms with Crippen molar-refractivity contribution in [1.29, 1.82) is 0 Å². The molecule has 0 aliphatic carbocycles. The van der Waals surface area contributed by atoms with E-state index < -0.39 is 0 Å². The summed E-state index contributed by atoms with van der Waals surface area (Å²) in [4.78, 5) is 2.32. The number of rotatable bonds is 2. The van der Waals surface area contributed by atoms with Gasteiger partial charge in [-0.25, -0.2) is 0 Å². The molecule has 0 aromatic carbocycles. The monoisotopic (exact) mass is 252 g/mol. The van der Waals surface area contributed by atoms with Gasteiger partial charge in [-0.15, -0.1) is 5.10 Å². The van der Waals surface area contributed by atoms with E-state index in [0.717, 1.165) is 35.9 Å². The summed E-state index contributed by atoms with van der Waals surface area (Å²) < 4.78 is 0. The topological polar surface area (TPSA) is 55.0 Å². The molecule has 0 radical (unpaired) electrons. The van der Waals surface area contributed by atoms with E-state index in [9.17, 15) is 0 Å². The van der Waals surface area contributed by atoms with E-state index in [1.165, 1.54) is 5.56 Å². The molecule has 1 aromatic heterocycles.